The van der Waals surface area contributed by atoms with Crippen LogP contribution in [-0.2, 0) is 13.2 Å². The average Bonchev–Trinajstić information content (AvgIpc) is 2.89. The third kappa shape index (κ3) is 2.55. The van der Waals surface area contributed by atoms with E-state index in [1.54, 1.807) is 11.3 Å². The van der Waals surface area contributed by atoms with Crippen molar-refractivity contribution in [1.82, 2.24) is 0 Å². The summed E-state index contributed by atoms with van der Waals surface area (Å²) in [6.45, 7) is 2.54. The second-order valence-corrected chi connectivity index (χ2v) is 5.73. The summed E-state index contributed by atoms with van der Waals surface area (Å²) in [5.41, 5.74) is 3.15. The zero-order chi connectivity index (χ0) is 13.9. The van der Waals surface area contributed by atoms with Crippen LogP contribution in [0.5, 0.6) is 5.75 Å². The number of aryl methyl sites for hydroxylation is 1. The summed E-state index contributed by atoms with van der Waals surface area (Å²) in [7, 11) is 0. The number of aliphatic hydroxyl groups excluding tert-OH is 1. The van der Waals surface area contributed by atoms with Crippen LogP contribution in [0.3, 0.4) is 0 Å². The fraction of sp³-hybridized carbons (Fsp3) is 0.176. The first-order valence-corrected chi connectivity index (χ1v) is 7.44. The molecule has 0 aliphatic carbocycles. The van der Waals surface area contributed by atoms with E-state index in [0.717, 1.165) is 16.9 Å². The van der Waals surface area contributed by atoms with Crippen LogP contribution in [0.25, 0.3) is 10.1 Å². The molecule has 0 fully saturated rings. The molecule has 2 aromatic carbocycles. The van der Waals surface area contributed by atoms with Gasteiger partial charge in [-0.25, -0.2) is 0 Å². The molecular formula is C17H16O2S. The Morgan fingerprint density at radius 1 is 1.10 bits per heavy atom. The Morgan fingerprint density at radius 2 is 1.95 bits per heavy atom. The van der Waals surface area contributed by atoms with Crippen LogP contribution < -0.4 is 4.74 Å². The SMILES string of the molecule is Cc1ccc(OCc2csc3ccccc23)c(CO)c1. The molecule has 1 heterocycles. The number of fused-ring (bicyclic) bond motifs is 1. The van der Waals surface area contributed by atoms with Gasteiger partial charge in [-0.1, -0.05) is 35.9 Å². The maximum Gasteiger partial charge on any atom is 0.125 e. The van der Waals surface area contributed by atoms with Crippen LogP contribution in [0.1, 0.15) is 16.7 Å². The van der Waals surface area contributed by atoms with E-state index < -0.39 is 0 Å². The molecule has 0 atom stereocenters. The maximum absolute atomic E-state index is 9.39. The summed E-state index contributed by atoms with van der Waals surface area (Å²) >= 11 is 1.73. The molecule has 0 aliphatic heterocycles. The van der Waals surface area contributed by atoms with E-state index in [0.29, 0.717) is 6.61 Å². The van der Waals surface area contributed by atoms with Crippen LogP contribution in [0.2, 0.25) is 0 Å². The topological polar surface area (TPSA) is 29.5 Å². The van der Waals surface area contributed by atoms with Crippen molar-refractivity contribution in [2.75, 3.05) is 0 Å². The predicted molar refractivity (Wildman–Crippen MR) is 83.3 cm³/mol. The standard InChI is InChI=1S/C17H16O2S/c1-12-6-7-16(13(8-12)9-18)19-10-14-11-20-17-5-3-2-4-15(14)17/h2-8,11,18H,9-10H2,1H3. The Hall–Kier alpha value is -1.84. The fourth-order valence-corrected chi connectivity index (χ4v) is 3.22. The van der Waals surface area contributed by atoms with Gasteiger partial charge in [-0.05, 0) is 29.8 Å². The van der Waals surface area contributed by atoms with E-state index in [-0.39, 0.29) is 6.61 Å². The summed E-state index contributed by atoms with van der Waals surface area (Å²) in [6.07, 6.45) is 0. The lowest BCUT2D eigenvalue weighted by atomic mass is 10.1. The number of aliphatic hydroxyl groups is 1. The van der Waals surface area contributed by atoms with Gasteiger partial charge in [-0.3, -0.25) is 0 Å². The molecule has 3 rings (SSSR count). The van der Waals surface area contributed by atoms with Crippen molar-refractivity contribution in [2.24, 2.45) is 0 Å². The van der Waals surface area contributed by atoms with Crippen LogP contribution >= 0.6 is 11.3 Å². The molecule has 0 unspecified atom stereocenters. The number of ether oxygens (including phenoxy) is 1. The monoisotopic (exact) mass is 284 g/mol. The summed E-state index contributed by atoms with van der Waals surface area (Å²) < 4.78 is 7.16. The molecule has 102 valence electrons. The highest BCUT2D eigenvalue weighted by atomic mass is 32.1. The molecule has 0 spiro atoms. The minimum Gasteiger partial charge on any atom is -0.488 e. The Balaban J connectivity index is 1.83. The van der Waals surface area contributed by atoms with E-state index in [2.05, 4.69) is 17.5 Å². The Kier molecular flexibility index (Phi) is 3.72. The van der Waals surface area contributed by atoms with Gasteiger partial charge in [-0.2, -0.15) is 0 Å². The zero-order valence-electron chi connectivity index (χ0n) is 11.3. The van der Waals surface area contributed by atoms with Gasteiger partial charge in [0, 0.05) is 15.8 Å². The summed E-state index contributed by atoms with van der Waals surface area (Å²) in [6, 6.07) is 14.2. The van der Waals surface area contributed by atoms with Crippen LogP contribution in [0.15, 0.2) is 47.8 Å². The molecule has 2 nitrogen and oxygen atoms in total. The molecule has 0 aliphatic rings. The number of benzene rings is 2. The van der Waals surface area contributed by atoms with E-state index in [1.807, 2.05) is 37.3 Å². The minimum absolute atomic E-state index is 0.00139. The molecule has 3 heteroatoms. The van der Waals surface area contributed by atoms with Gasteiger partial charge in [0.25, 0.3) is 0 Å². The van der Waals surface area contributed by atoms with Crippen molar-refractivity contribution < 1.29 is 9.84 Å². The molecule has 20 heavy (non-hydrogen) atoms. The predicted octanol–water partition coefficient (Wildman–Crippen LogP) is 4.28. The first-order valence-electron chi connectivity index (χ1n) is 6.56. The molecule has 1 N–H and O–H groups in total. The number of thiophene rings is 1. The minimum atomic E-state index is 0.00139. The Morgan fingerprint density at radius 3 is 2.80 bits per heavy atom. The Bertz CT molecular complexity index is 731. The quantitative estimate of drug-likeness (QED) is 0.775. The van der Waals surface area contributed by atoms with Gasteiger partial charge >= 0.3 is 0 Å². The normalized spacial score (nSPS) is 10.9. The number of hydrogen-bond acceptors (Lipinski definition) is 3. The zero-order valence-corrected chi connectivity index (χ0v) is 12.1. The maximum atomic E-state index is 9.39. The molecule has 1 aromatic heterocycles. The van der Waals surface area contributed by atoms with Gasteiger partial charge in [0.2, 0.25) is 0 Å². The summed E-state index contributed by atoms with van der Waals surface area (Å²) in [4.78, 5) is 0. The third-order valence-corrected chi connectivity index (χ3v) is 4.34. The van der Waals surface area contributed by atoms with Crippen LogP contribution in [-0.4, -0.2) is 5.11 Å². The molecule has 0 amide bonds. The first-order chi connectivity index (χ1) is 9.78. The number of rotatable bonds is 4. The highest BCUT2D eigenvalue weighted by Crippen LogP contribution is 2.28. The summed E-state index contributed by atoms with van der Waals surface area (Å²) in [5.74, 6) is 0.758. The first kappa shape index (κ1) is 13.2. The number of hydrogen-bond donors (Lipinski definition) is 1. The molecule has 0 radical (unpaired) electrons. The van der Waals surface area contributed by atoms with Crippen molar-refractivity contribution in [3.05, 3.63) is 64.5 Å². The lowest BCUT2D eigenvalue weighted by molar-refractivity contribution is 0.259. The van der Waals surface area contributed by atoms with Crippen molar-refractivity contribution in [3.63, 3.8) is 0 Å². The third-order valence-electron chi connectivity index (χ3n) is 3.33. The van der Waals surface area contributed by atoms with Gasteiger partial charge in [0.05, 0.1) is 6.61 Å². The molecule has 3 aromatic rings. The van der Waals surface area contributed by atoms with E-state index in [1.165, 1.54) is 15.6 Å². The van der Waals surface area contributed by atoms with Gasteiger partial charge in [0.1, 0.15) is 12.4 Å². The highest BCUT2D eigenvalue weighted by Gasteiger charge is 2.07. The summed E-state index contributed by atoms with van der Waals surface area (Å²) in [5, 5.41) is 12.8. The van der Waals surface area contributed by atoms with Gasteiger partial charge in [-0.15, -0.1) is 11.3 Å². The second-order valence-electron chi connectivity index (χ2n) is 4.82. The van der Waals surface area contributed by atoms with Crippen LogP contribution in [0.4, 0.5) is 0 Å². The lowest BCUT2D eigenvalue weighted by Crippen LogP contribution is -1.98. The van der Waals surface area contributed by atoms with Crippen molar-refractivity contribution in [1.29, 1.82) is 0 Å². The second kappa shape index (κ2) is 5.65. The molecule has 0 bridgehead atoms. The van der Waals surface area contributed by atoms with E-state index >= 15 is 0 Å². The van der Waals surface area contributed by atoms with Gasteiger partial charge < -0.3 is 9.84 Å². The largest absolute Gasteiger partial charge is 0.488 e. The van der Waals surface area contributed by atoms with Crippen molar-refractivity contribution in [3.8, 4) is 5.75 Å². The fourth-order valence-electron chi connectivity index (χ4n) is 2.27. The van der Waals surface area contributed by atoms with Crippen molar-refractivity contribution in [2.45, 2.75) is 20.1 Å². The highest BCUT2D eigenvalue weighted by molar-refractivity contribution is 7.17. The molecule has 0 saturated heterocycles. The van der Waals surface area contributed by atoms with Gasteiger partial charge in [0.15, 0.2) is 0 Å². The van der Waals surface area contributed by atoms with E-state index in [9.17, 15) is 5.11 Å². The Labute approximate surface area is 122 Å². The molecule has 0 saturated carbocycles. The van der Waals surface area contributed by atoms with E-state index in [4.69, 9.17) is 4.74 Å². The lowest BCUT2D eigenvalue weighted by Gasteiger charge is -2.10. The molecular weight excluding hydrogens is 268 g/mol. The van der Waals surface area contributed by atoms with Crippen molar-refractivity contribution >= 4 is 21.4 Å². The smallest absolute Gasteiger partial charge is 0.125 e. The average molecular weight is 284 g/mol. The van der Waals surface area contributed by atoms with Crippen LogP contribution in [0, 0.1) is 6.92 Å².